The van der Waals surface area contributed by atoms with Crippen LogP contribution in [0.4, 0.5) is 22.7 Å². The van der Waals surface area contributed by atoms with E-state index < -0.39 is 34.6 Å². The molecule has 0 saturated carbocycles. The van der Waals surface area contributed by atoms with E-state index in [4.69, 9.17) is 0 Å². The first-order valence-corrected chi connectivity index (χ1v) is 10.7. The highest BCUT2D eigenvalue weighted by molar-refractivity contribution is 7.15. The molecule has 0 radical (unpaired) electrons. The van der Waals surface area contributed by atoms with Gasteiger partial charge in [0, 0.05) is 29.3 Å². The van der Waals surface area contributed by atoms with Crippen LogP contribution in [0.3, 0.4) is 0 Å². The molecule has 6 nitrogen and oxygen atoms in total. The molecule has 2 aromatic carbocycles. The highest BCUT2D eigenvalue weighted by Crippen LogP contribution is 2.30. The van der Waals surface area contributed by atoms with Gasteiger partial charge in [0.2, 0.25) is 5.43 Å². The van der Waals surface area contributed by atoms with Crippen molar-refractivity contribution in [1.82, 2.24) is 14.8 Å². The summed E-state index contributed by atoms with van der Waals surface area (Å²) in [7, 11) is 0. The molecule has 2 aromatic heterocycles. The molecule has 174 valence electrons. The van der Waals surface area contributed by atoms with Crippen LogP contribution in [0.25, 0.3) is 5.69 Å². The summed E-state index contributed by atoms with van der Waals surface area (Å²) in [5.74, 6) is -1.41. The molecule has 0 aliphatic carbocycles. The van der Waals surface area contributed by atoms with Gasteiger partial charge in [0.25, 0.3) is 5.91 Å². The number of alkyl halides is 3. The number of aromatic nitrogens is 3. The number of aryl methyl sites for hydroxylation is 1. The van der Waals surface area contributed by atoms with E-state index in [2.05, 4.69) is 15.4 Å². The van der Waals surface area contributed by atoms with Crippen LogP contribution in [0.5, 0.6) is 0 Å². The summed E-state index contributed by atoms with van der Waals surface area (Å²) in [6, 6.07) is 11.9. The molecule has 2 heterocycles. The Labute approximate surface area is 194 Å². The maximum absolute atomic E-state index is 14.2. The summed E-state index contributed by atoms with van der Waals surface area (Å²) in [5, 5.41) is 6.65. The van der Waals surface area contributed by atoms with E-state index >= 15 is 0 Å². The Bertz CT molecular complexity index is 1430. The second-order valence-electron chi connectivity index (χ2n) is 7.32. The number of halogens is 4. The lowest BCUT2D eigenvalue weighted by Gasteiger charge is -2.11. The fourth-order valence-electron chi connectivity index (χ4n) is 3.23. The van der Waals surface area contributed by atoms with E-state index in [1.807, 2.05) is 0 Å². The van der Waals surface area contributed by atoms with Crippen LogP contribution in [0, 0.1) is 12.7 Å². The quantitative estimate of drug-likeness (QED) is 0.401. The molecule has 0 aliphatic heterocycles. The van der Waals surface area contributed by atoms with E-state index in [0.717, 1.165) is 28.2 Å². The predicted octanol–water partition coefficient (Wildman–Crippen LogP) is 5.00. The van der Waals surface area contributed by atoms with Gasteiger partial charge >= 0.3 is 6.18 Å². The summed E-state index contributed by atoms with van der Waals surface area (Å²) in [6.07, 6.45) is -2.83. The van der Waals surface area contributed by atoms with E-state index in [1.54, 1.807) is 19.1 Å². The van der Waals surface area contributed by atoms with Crippen LogP contribution in [0.2, 0.25) is 0 Å². The lowest BCUT2D eigenvalue weighted by molar-refractivity contribution is -0.137. The third-order valence-corrected chi connectivity index (χ3v) is 5.72. The minimum absolute atomic E-state index is 0.0756. The van der Waals surface area contributed by atoms with E-state index in [0.29, 0.717) is 16.1 Å². The van der Waals surface area contributed by atoms with Crippen LogP contribution < -0.4 is 10.7 Å². The van der Waals surface area contributed by atoms with Crippen molar-refractivity contribution in [2.45, 2.75) is 19.5 Å². The summed E-state index contributed by atoms with van der Waals surface area (Å²) < 4.78 is 54.1. The van der Waals surface area contributed by atoms with Crippen molar-refractivity contribution in [2.75, 3.05) is 5.32 Å². The second kappa shape index (κ2) is 9.18. The number of hydrogen-bond acceptors (Lipinski definition) is 5. The molecular weight excluding hydrogens is 472 g/mol. The first kappa shape index (κ1) is 23.3. The fraction of sp³-hybridized carbons (Fsp3) is 0.130. The first-order valence-electron chi connectivity index (χ1n) is 9.90. The Morgan fingerprint density at radius 2 is 1.88 bits per heavy atom. The van der Waals surface area contributed by atoms with Crippen molar-refractivity contribution in [3.63, 3.8) is 0 Å². The Morgan fingerprint density at radius 3 is 2.62 bits per heavy atom. The number of anilines is 1. The molecule has 0 fully saturated rings. The smallest absolute Gasteiger partial charge is 0.296 e. The fourth-order valence-corrected chi connectivity index (χ4v) is 4.08. The molecule has 0 spiro atoms. The van der Waals surface area contributed by atoms with Gasteiger partial charge in [-0.15, -0.1) is 11.3 Å². The molecule has 0 atom stereocenters. The average Bonchev–Trinajstić information content (AvgIpc) is 3.20. The predicted molar refractivity (Wildman–Crippen MR) is 119 cm³/mol. The normalized spacial score (nSPS) is 11.4. The van der Waals surface area contributed by atoms with Gasteiger partial charge in [-0.3, -0.25) is 14.9 Å². The summed E-state index contributed by atoms with van der Waals surface area (Å²) in [4.78, 5) is 29.7. The summed E-state index contributed by atoms with van der Waals surface area (Å²) in [5.41, 5.74) is -1.01. The zero-order chi connectivity index (χ0) is 24.5. The lowest BCUT2D eigenvalue weighted by atomic mass is 10.1. The maximum atomic E-state index is 14.2. The molecule has 0 saturated heterocycles. The summed E-state index contributed by atoms with van der Waals surface area (Å²) in [6.45, 7) is 1.56. The standard InChI is InChI=1S/C23H16F4N4O2S/c1-13-9-19(32)20(30-31(13)18-8-3-2-7-17(18)24)21(33)29-22-28-12-16(34-22)11-14-5-4-6-15(10-14)23(25,26)27/h2-10,12H,11H2,1H3,(H,28,29,33). The molecule has 0 aliphatic rings. The van der Waals surface area contributed by atoms with Gasteiger partial charge in [-0.25, -0.2) is 14.1 Å². The van der Waals surface area contributed by atoms with Crippen LogP contribution in [-0.2, 0) is 12.6 Å². The monoisotopic (exact) mass is 488 g/mol. The van der Waals surface area contributed by atoms with Crippen molar-refractivity contribution < 1.29 is 22.4 Å². The second-order valence-corrected chi connectivity index (χ2v) is 8.44. The lowest BCUT2D eigenvalue weighted by Crippen LogP contribution is -2.27. The Kier molecular flexibility index (Phi) is 6.29. The number of hydrogen-bond donors (Lipinski definition) is 1. The van der Waals surface area contributed by atoms with Crippen molar-refractivity contribution in [2.24, 2.45) is 0 Å². The number of carbonyl (C=O) groups excluding carboxylic acids is 1. The molecule has 4 aromatic rings. The molecule has 1 amide bonds. The number of rotatable bonds is 5. The van der Waals surface area contributed by atoms with Gasteiger partial charge in [-0.2, -0.15) is 18.3 Å². The van der Waals surface area contributed by atoms with Crippen LogP contribution >= 0.6 is 11.3 Å². The maximum Gasteiger partial charge on any atom is 0.416 e. The van der Waals surface area contributed by atoms with Gasteiger partial charge in [-0.1, -0.05) is 30.3 Å². The number of nitrogens with zero attached hydrogens (tertiary/aromatic N) is 3. The third kappa shape index (κ3) is 5.04. The number of amides is 1. The van der Waals surface area contributed by atoms with Crippen LogP contribution in [-0.4, -0.2) is 20.7 Å². The molecule has 0 bridgehead atoms. The van der Waals surface area contributed by atoms with Crippen molar-refractivity contribution in [1.29, 1.82) is 0 Å². The molecule has 34 heavy (non-hydrogen) atoms. The average molecular weight is 488 g/mol. The Morgan fingerprint density at radius 1 is 1.12 bits per heavy atom. The Balaban J connectivity index is 1.54. The van der Waals surface area contributed by atoms with Gasteiger partial charge in [0.15, 0.2) is 10.8 Å². The zero-order valence-corrected chi connectivity index (χ0v) is 18.4. The molecule has 0 unspecified atom stereocenters. The number of benzene rings is 2. The van der Waals surface area contributed by atoms with Gasteiger partial charge < -0.3 is 0 Å². The number of nitrogens with one attached hydrogen (secondary N) is 1. The van der Waals surface area contributed by atoms with E-state index in [-0.39, 0.29) is 17.2 Å². The van der Waals surface area contributed by atoms with Crippen molar-refractivity contribution >= 4 is 22.4 Å². The van der Waals surface area contributed by atoms with E-state index in [9.17, 15) is 27.2 Å². The molecular formula is C23H16F4N4O2S. The van der Waals surface area contributed by atoms with Crippen molar-refractivity contribution in [3.05, 3.63) is 104 Å². The number of carbonyl (C=O) groups is 1. The Hall–Kier alpha value is -3.86. The molecule has 1 N–H and O–H groups in total. The molecule has 11 heteroatoms. The van der Waals surface area contributed by atoms with Crippen LogP contribution in [0.15, 0.2) is 65.6 Å². The topological polar surface area (TPSA) is 76.9 Å². The minimum atomic E-state index is -4.44. The highest BCUT2D eigenvalue weighted by Gasteiger charge is 2.30. The SMILES string of the molecule is Cc1cc(=O)c(C(=O)Nc2ncc(Cc3cccc(C(F)(F)F)c3)s2)nn1-c1ccccc1F. The third-order valence-electron chi connectivity index (χ3n) is 4.81. The first-order chi connectivity index (χ1) is 16.1. The minimum Gasteiger partial charge on any atom is -0.296 e. The zero-order valence-electron chi connectivity index (χ0n) is 17.6. The van der Waals surface area contributed by atoms with Crippen LogP contribution in [0.1, 0.15) is 32.2 Å². The van der Waals surface area contributed by atoms with Crippen molar-refractivity contribution in [3.8, 4) is 5.69 Å². The largest absolute Gasteiger partial charge is 0.416 e. The van der Waals surface area contributed by atoms with Gasteiger partial charge in [0.1, 0.15) is 11.5 Å². The summed E-state index contributed by atoms with van der Waals surface area (Å²) >= 11 is 1.06. The number of para-hydroxylation sites is 1. The molecule has 4 rings (SSSR count). The van der Waals surface area contributed by atoms with E-state index in [1.165, 1.54) is 36.5 Å². The van der Waals surface area contributed by atoms with Gasteiger partial charge in [0.05, 0.1) is 5.56 Å². The van der Waals surface area contributed by atoms with Gasteiger partial charge in [-0.05, 0) is 30.7 Å². The number of thiazole rings is 1. The highest BCUT2D eigenvalue weighted by atomic mass is 32.1.